The fourth-order valence-electron chi connectivity index (χ4n) is 6.90. The number of unbranched alkanes of at least 4 members (excludes halogenated alkanes) is 1. The fraction of sp³-hybridized carbons (Fsp3) is 0.596. The lowest BCUT2D eigenvalue weighted by Crippen LogP contribution is -2.61. The minimum Gasteiger partial charge on any atom is -0.394 e. The van der Waals surface area contributed by atoms with Crippen LogP contribution in [0.2, 0.25) is 0 Å². The number of aliphatic hydroxyl groups is 4. The Labute approximate surface area is 462 Å². The van der Waals surface area contributed by atoms with Crippen molar-refractivity contribution in [2.24, 2.45) is 11.5 Å². The van der Waals surface area contributed by atoms with Gasteiger partial charge in [-0.25, -0.2) is 0 Å². The molecule has 0 saturated heterocycles. The van der Waals surface area contributed by atoms with Crippen molar-refractivity contribution < 1.29 is 92.3 Å². The maximum absolute atomic E-state index is 13.6. The van der Waals surface area contributed by atoms with Crippen molar-refractivity contribution in [2.45, 2.75) is 106 Å². The number of nitrogens with two attached hydrogens (primary N) is 2. The van der Waals surface area contributed by atoms with Gasteiger partial charge in [-0.1, -0.05) is 20.8 Å². The van der Waals surface area contributed by atoms with Gasteiger partial charge in [0.25, 0.3) is 23.6 Å². The average molecular weight is 1150 g/mol. The van der Waals surface area contributed by atoms with E-state index in [1.54, 1.807) is 20.8 Å². The molecule has 0 unspecified atom stereocenters. The smallest absolute Gasteiger partial charge is 0.253 e. The van der Waals surface area contributed by atoms with Gasteiger partial charge in [-0.15, -0.1) is 0 Å². The molecule has 0 fully saturated rings. The lowest BCUT2D eigenvalue weighted by molar-refractivity contribution is -0.141. The van der Waals surface area contributed by atoms with Crippen molar-refractivity contribution >= 4 is 100 Å². The van der Waals surface area contributed by atoms with Crippen LogP contribution in [0.4, 0.5) is 0 Å². The van der Waals surface area contributed by atoms with Crippen LogP contribution in [0.25, 0.3) is 0 Å². The molecule has 0 saturated carbocycles. The number of rotatable bonds is 37. The lowest BCUT2D eigenvalue weighted by Gasteiger charge is -2.26. The van der Waals surface area contributed by atoms with Gasteiger partial charge < -0.3 is 79.7 Å². The first-order valence-corrected chi connectivity index (χ1v) is 26.0. The van der Waals surface area contributed by atoms with Crippen LogP contribution in [0.1, 0.15) is 59.3 Å². The topological polar surface area (TPSA) is 504 Å². The number of thioether (sulfide) groups is 1. The summed E-state index contributed by atoms with van der Waals surface area (Å²) in [6, 6.07) is -11.6. The molecule has 7 atom stereocenters. The Morgan fingerprint density at radius 1 is 0.500 bits per heavy atom. The number of aliphatic hydroxyl groups excluding tert-OH is 4. The van der Waals surface area contributed by atoms with Gasteiger partial charge in [0.2, 0.25) is 64.7 Å². The molecule has 0 aromatic heterocycles. The Morgan fingerprint density at radius 2 is 0.912 bits per heavy atom. The van der Waals surface area contributed by atoms with Crippen LogP contribution < -0.4 is 59.3 Å². The fourth-order valence-corrected chi connectivity index (χ4v) is 7.80. The van der Waals surface area contributed by atoms with Crippen molar-refractivity contribution in [1.82, 2.24) is 57.7 Å². The van der Waals surface area contributed by atoms with Gasteiger partial charge in [-0.2, -0.15) is 11.8 Å². The number of Topliss-reactive ketones (excluding diaryl/α,β-unsaturated/α-hetero) is 2. The van der Waals surface area contributed by atoms with Gasteiger partial charge in [0.1, 0.15) is 36.3 Å². The monoisotopic (exact) mass is 1150 g/mol. The largest absolute Gasteiger partial charge is 0.394 e. The van der Waals surface area contributed by atoms with E-state index in [1.807, 2.05) is 0 Å². The highest BCUT2D eigenvalue weighted by molar-refractivity contribution is 8.00. The van der Waals surface area contributed by atoms with Crippen molar-refractivity contribution in [2.75, 3.05) is 71.4 Å². The SMILES string of the molecule is CC(C)(C)SC[C@H](NC(=O)CNC(=O)[C@H](CN)NC(=O)[C@H](CO)NC(=O)[C@H](CO)NC(=O)CCNC(=O)CCN1C(=O)C=CC1=O)C(=O)N[C@@H](CO)C(=O)N[C@@H](CO)C(=O)N[C@@H](CCCCN)C(=O)C(=O)CCN1C(=O)C=CC1=O. The molecule has 2 aliphatic rings. The molecule has 32 nitrogen and oxygen atoms in total. The van der Waals surface area contributed by atoms with Crippen LogP contribution in [0.3, 0.4) is 0 Å². The first-order chi connectivity index (χ1) is 37.7. The number of carbonyl (C=O) groups is 15. The highest BCUT2D eigenvalue weighted by atomic mass is 32.2. The van der Waals surface area contributed by atoms with Crippen molar-refractivity contribution in [3.8, 4) is 0 Å². The second-order valence-electron chi connectivity index (χ2n) is 18.6. The Balaban J connectivity index is 2.00. The zero-order chi connectivity index (χ0) is 60.3. The van der Waals surface area contributed by atoms with Crippen LogP contribution in [0.5, 0.6) is 0 Å². The molecule has 2 heterocycles. The van der Waals surface area contributed by atoms with Crippen LogP contribution in [-0.2, 0) is 71.9 Å². The number of ketones is 2. The standard InChI is InChI=1S/C47H71N13O19S/c1-47(2,3)80-24-31(46(79)58-30(23-64)45(78)57-28(21-62)43(76)54-25(6-4-5-14-48)40(73)32(65)12-16-59-36(69)7-8-37(59)70)53-35(68)19-51-41(74)26(18-49)55-44(77)29(22-63)56-42(75)27(20-61)52-34(67)11-15-50-33(66)13-17-60-38(71)9-10-39(60)72/h7-10,25-31,61-64H,4-6,11-24,48-49H2,1-3H3,(H,50,66)(H,51,74)(H,52,67)(H,53,68)(H,54,76)(H,55,77)(H,56,75)(H,57,78)(H,58,79)/t25-,26-,27-,28-,29-,30-,31-/m0/s1. The van der Waals surface area contributed by atoms with Crippen LogP contribution >= 0.6 is 11.8 Å². The summed E-state index contributed by atoms with van der Waals surface area (Å²) < 4.78 is -0.515. The number of nitrogens with one attached hydrogen (secondary N) is 9. The van der Waals surface area contributed by atoms with Gasteiger partial charge in [-0.3, -0.25) is 81.7 Å². The number of carbonyl (C=O) groups excluding carboxylic acids is 15. The van der Waals surface area contributed by atoms with E-state index in [0.29, 0.717) is 6.42 Å². The van der Waals surface area contributed by atoms with E-state index in [9.17, 15) is 92.3 Å². The molecule has 2 aliphatic heterocycles. The number of hydrogen-bond acceptors (Lipinski definition) is 22. The van der Waals surface area contributed by atoms with E-state index >= 15 is 0 Å². The molecule has 0 aromatic carbocycles. The highest BCUT2D eigenvalue weighted by Gasteiger charge is 2.35. The average Bonchev–Trinajstić information content (AvgIpc) is 3.92. The number of amides is 13. The third kappa shape index (κ3) is 23.4. The predicted molar refractivity (Wildman–Crippen MR) is 278 cm³/mol. The molecule has 0 spiro atoms. The summed E-state index contributed by atoms with van der Waals surface area (Å²) in [7, 11) is 0. The van der Waals surface area contributed by atoms with E-state index in [2.05, 4.69) is 47.9 Å². The van der Waals surface area contributed by atoms with Crippen molar-refractivity contribution in [1.29, 1.82) is 0 Å². The van der Waals surface area contributed by atoms with Crippen molar-refractivity contribution in [3.63, 3.8) is 0 Å². The van der Waals surface area contributed by atoms with Crippen LogP contribution in [-0.4, -0.2) is 237 Å². The summed E-state index contributed by atoms with van der Waals surface area (Å²) in [5, 5.41) is 60.0. The summed E-state index contributed by atoms with van der Waals surface area (Å²) >= 11 is 1.18. The second-order valence-corrected chi connectivity index (χ2v) is 20.5. The minimum atomic E-state index is -1.82. The maximum atomic E-state index is 13.6. The van der Waals surface area contributed by atoms with Gasteiger partial charge in [0, 0.05) is 80.2 Å². The molecule has 0 aromatic rings. The second kappa shape index (κ2) is 34.4. The number of hydrogen-bond donors (Lipinski definition) is 15. The first kappa shape index (κ1) is 68.5. The Bertz CT molecular complexity index is 2350. The Hall–Kier alpha value is -7.56. The zero-order valence-electron chi connectivity index (χ0n) is 44.2. The number of nitrogens with zero attached hydrogens (tertiary/aromatic N) is 2. The van der Waals surface area contributed by atoms with Crippen molar-refractivity contribution in [3.05, 3.63) is 24.3 Å². The highest BCUT2D eigenvalue weighted by Crippen LogP contribution is 2.24. The molecule has 80 heavy (non-hydrogen) atoms. The van der Waals surface area contributed by atoms with E-state index in [4.69, 9.17) is 11.5 Å². The molecule has 2 rings (SSSR count). The molecule has 0 radical (unpaired) electrons. The Morgan fingerprint density at radius 3 is 1.35 bits per heavy atom. The quantitative estimate of drug-likeness (QED) is 0.0156. The molecule has 444 valence electrons. The van der Waals surface area contributed by atoms with E-state index < -0.39 is 194 Å². The van der Waals surface area contributed by atoms with E-state index in [-0.39, 0.29) is 44.6 Å². The molecule has 13 amide bonds. The first-order valence-electron chi connectivity index (χ1n) is 25.0. The van der Waals surface area contributed by atoms with E-state index in [0.717, 1.165) is 34.1 Å². The molecular weight excluding hydrogens is 1080 g/mol. The molecule has 0 bridgehead atoms. The van der Waals surface area contributed by atoms with Gasteiger partial charge in [0.05, 0.1) is 39.0 Å². The Kier molecular flexibility index (Phi) is 29.5. The molecular formula is C47H71N13O19S. The van der Waals surface area contributed by atoms with Gasteiger partial charge >= 0.3 is 0 Å². The summed E-state index contributed by atoms with van der Waals surface area (Å²) in [5.74, 6) is -14.1. The summed E-state index contributed by atoms with van der Waals surface area (Å²) in [5.41, 5.74) is 11.2. The number of imide groups is 2. The summed E-state index contributed by atoms with van der Waals surface area (Å²) in [6.07, 6.45) is 3.38. The summed E-state index contributed by atoms with van der Waals surface area (Å²) in [4.78, 5) is 192. The third-order valence-electron chi connectivity index (χ3n) is 11.4. The molecule has 17 N–H and O–H groups in total. The van der Waals surface area contributed by atoms with Crippen LogP contribution in [0, 0.1) is 0 Å². The normalized spacial score (nSPS) is 15.6. The minimum absolute atomic E-state index is 0.108. The lowest BCUT2D eigenvalue weighted by atomic mass is 10.00. The summed E-state index contributed by atoms with van der Waals surface area (Å²) in [6.45, 7) is -0.992. The van der Waals surface area contributed by atoms with Gasteiger partial charge in [-0.05, 0) is 25.8 Å². The van der Waals surface area contributed by atoms with Crippen LogP contribution in [0.15, 0.2) is 24.3 Å². The zero-order valence-corrected chi connectivity index (χ0v) is 45.1. The van der Waals surface area contributed by atoms with Gasteiger partial charge in [0.15, 0.2) is 0 Å². The van der Waals surface area contributed by atoms with E-state index in [1.165, 1.54) is 11.8 Å². The third-order valence-corrected chi connectivity index (χ3v) is 12.7. The maximum Gasteiger partial charge on any atom is 0.253 e. The molecule has 33 heteroatoms. The molecule has 0 aliphatic carbocycles. The predicted octanol–water partition coefficient (Wildman–Crippen LogP) is -9.64.